The van der Waals surface area contributed by atoms with Crippen LogP contribution in [-0.2, 0) is 4.79 Å². The second-order valence-electron chi connectivity index (χ2n) is 5.12. The third-order valence-corrected chi connectivity index (χ3v) is 4.01. The number of nitrogens with one attached hydrogen (secondary N) is 1. The van der Waals surface area contributed by atoms with E-state index in [0.29, 0.717) is 16.5 Å². The predicted molar refractivity (Wildman–Crippen MR) is 87.6 cm³/mol. The van der Waals surface area contributed by atoms with Gasteiger partial charge in [0.1, 0.15) is 10.8 Å². The van der Waals surface area contributed by atoms with Crippen molar-refractivity contribution in [1.82, 2.24) is 19.9 Å². The summed E-state index contributed by atoms with van der Waals surface area (Å²) in [6, 6.07) is 7.80. The Kier molecular flexibility index (Phi) is 3.62. The molecular formula is C15H16ClN5O. The monoisotopic (exact) mass is 317 g/mol. The fourth-order valence-corrected chi connectivity index (χ4v) is 2.59. The minimum atomic E-state index is -0.0796. The maximum atomic E-state index is 11.6. The lowest BCUT2D eigenvalue weighted by molar-refractivity contribution is -0.119. The summed E-state index contributed by atoms with van der Waals surface area (Å²) in [6.07, 6.45) is 0. The van der Waals surface area contributed by atoms with Crippen molar-refractivity contribution in [2.24, 2.45) is 0 Å². The Balaban J connectivity index is 2.27. The fourth-order valence-electron chi connectivity index (χ4n) is 2.43. The van der Waals surface area contributed by atoms with Gasteiger partial charge < -0.3 is 10.2 Å². The number of hydrogen-bond acceptors (Lipinski definition) is 4. The van der Waals surface area contributed by atoms with Gasteiger partial charge in [-0.15, -0.1) is 0 Å². The van der Waals surface area contributed by atoms with E-state index in [1.54, 1.807) is 16.5 Å². The Labute approximate surface area is 132 Å². The molecule has 0 aliphatic heterocycles. The quantitative estimate of drug-likeness (QED) is 0.803. The average molecular weight is 318 g/mol. The number of likely N-dealkylation sites (N-methyl/N-ethyl adjacent to an activating group) is 2. The van der Waals surface area contributed by atoms with E-state index < -0.39 is 0 Å². The number of aryl methyl sites for hydroxylation is 1. The molecule has 114 valence electrons. The van der Waals surface area contributed by atoms with Crippen molar-refractivity contribution in [2.45, 2.75) is 6.92 Å². The van der Waals surface area contributed by atoms with Gasteiger partial charge in [-0.05, 0) is 19.1 Å². The molecule has 0 radical (unpaired) electrons. The average Bonchev–Trinajstić information content (AvgIpc) is 2.81. The summed E-state index contributed by atoms with van der Waals surface area (Å²) >= 11 is 6.31. The number of hydrogen-bond donors (Lipinski definition) is 1. The number of nitrogens with zero attached hydrogens (tertiary/aromatic N) is 4. The number of fused-ring (bicyclic) bond motifs is 3. The van der Waals surface area contributed by atoms with E-state index in [4.69, 9.17) is 11.6 Å². The van der Waals surface area contributed by atoms with Crippen LogP contribution in [0.4, 0.5) is 5.82 Å². The highest BCUT2D eigenvalue weighted by molar-refractivity contribution is 6.34. The molecule has 0 aliphatic rings. The Hall–Kier alpha value is -2.34. The van der Waals surface area contributed by atoms with Crippen molar-refractivity contribution in [3.8, 4) is 0 Å². The van der Waals surface area contributed by atoms with E-state index in [9.17, 15) is 4.79 Å². The zero-order valence-electron chi connectivity index (χ0n) is 12.6. The van der Waals surface area contributed by atoms with Gasteiger partial charge >= 0.3 is 0 Å². The second-order valence-corrected chi connectivity index (χ2v) is 5.49. The van der Waals surface area contributed by atoms with Crippen LogP contribution in [0.25, 0.3) is 16.6 Å². The van der Waals surface area contributed by atoms with Crippen LogP contribution in [0.3, 0.4) is 0 Å². The molecule has 1 N–H and O–H groups in total. The van der Waals surface area contributed by atoms with Crippen LogP contribution in [-0.4, -0.2) is 41.1 Å². The molecule has 3 aromatic rings. The topological polar surface area (TPSA) is 62.5 Å². The van der Waals surface area contributed by atoms with Gasteiger partial charge in [0, 0.05) is 19.5 Å². The molecule has 0 saturated carbocycles. The first-order valence-corrected chi connectivity index (χ1v) is 7.26. The summed E-state index contributed by atoms with van der Waals surface area (Å²) in [5.74, 6) is 0.623. The van der Waals surface area contributed by atoms with Crippen molar-refractivity contribution in [1.29, 1.82) is 0 Å². The molecule has 0 spiro atoms. The van der Waals surface area contributed by atoms with Crippen LogP contribution in [0.15, 0.2) is 24.3 Å². The lowest BCUT2D eigenvalue weighted by atomic mass is 10.2. The van der Waals surface area contributed by atoms with Crippen LogP contribution in [0.5, 0.6) is 0 Å². The minimum absolute atomic E-state index is 0.0796. The highest BCUT2D eigenvalue weighted by Crippen LogP contribution is 2.29. The van der Waals surface area contributed by atoms with Crippen molar-refractivity contribution >= 4 is 39.9 Å². The zero-order chi connectivity index (χ0) is 15.9. The molecular weight excluding hydrogens is 302 g/mol. The Morgan fingerprint density at radius 1 is 1.41 bits per heavy atom. The SMILES string of the molecule is CNC(=O)CN(C)c1nc2c(Cl)c(C)nn2c2ccccc12. The van der Waals surface area contributed by atoms with E-state index in [1.807, 2.05) is 38.2 Å². The molecule has 0 unspecified atom stereocenters. The summed E-state index contributed by atoms with van der Waals surface area (Å²) in [5.41, 5.74) is 2.23. The minimum Gasteiger partial charge on any atom is -0.358 e. The number of halogens is 1. The van der Waals surface area contributed by atoms with Crippen molar-refractivity contribution < 1.29 is 4.79 Å². The summed E-state index contributed by atoms with van der Waals surface area (Å²) in [5, 5.41) is 8.50. The lowest BCUT2D eigenvalue weighted by Gasteiger charge is -2.19. The number of carbonyl (C=O) groups is 1. The highest BCUT2D eigenvalue weighted by Gasteiger charge is 2.17. The van der Waals surface area contributed by atoms with Crippen LogP contribution < -0.4 is 10.2 Å². The van der Waals surface area contributed by atoms with Gasteiger partial charge in [0.15, 0.2) is 5.65 Å². The summed E-state index contributed by atoms with van der Waals surface area (Å²) in [6.45, 7) is 2.06. The Morgan fingerprint density at radius 2 is 2.14 bits per heavy atom. The maximum absolute atomic E-state index is 11.6. The number of amides is 1. The lowest BCUT2D eigenvalue weighted by Crippen LogP contribution is -2.33. The molecule has 1 amide bonds. The van der Waals surface area contributed by atoms with Gasteiger partial charge in [-0.3, -0.25) is 4.79 Å². The number of para-hydroxylation sites is 1. The van der Waals surface area contributed by atoms with Gasteiger partial charge in [-0.25, -0.2) is 9.50 Å². The summed E-state index contributed by atoms with van der Waals surface area (Å²) < 4.78 is 1.74. The number of anilines is 1. The smallest absolute Gasteiger partial charge is 0.239 e. The molecule has 0 atom stereocenters. The number of aromatic nitrogens is 3. The largest absolute Gasteiger partial charge is 0.358 e. The zero-order valence-corrected chi connectivity index (χ0v) is 13.3. The van der Waals surface area contributed by atoms with Crippen LogP contribution in [0, 0.1) is 6.92 Å². The van der Waals surface area contributed by atoms with Gasteiger partial charge in [-0.1, -0.05) is 23.7 Å². The molecule has 1 aromatic carbocycles. The van der Waals surface area contributed by atoms with Crippen molar-refractivity contribution in [2.75, 3.05) is 25.5 Å². The molecule has 0 saturated heterocycles. The van der Waals surface area contributed by atoms with E-state index in [-0.39, 0.29) is 12.5 Å². The first-order chi connectivity index (χ1) is 10.5. The van der Waals surface area contributed by atoms with Crippen LogP contribution in [0.2, 0.25) is 5.02 Å². The standard InChI is InChI=1S/C15H16ClN5O/c1-9-13(16)15-18-14(20(3)8-12(22)17-2)10-6-4-5-7-11(10)21(15)19-9/h4-7H,8H2,1-3H3,(H,17,22). The molecule has 3 rings (SSSR count). The van der Waals surface area contributed by atoms with Crippen LogP contribution in [0.1, 0.15) is 5.69 Å². The molecule has 6 nitrogen and oxygen atoms in total. The third-order valence-electron chi connectivity index (χ3n) is 3.57. The van der Waals surface area contributed by atoms with Gasteiger partial charge in [0.25, 0.3) is 0 Å². The Morgan fingerprint density at radius 3 is 2.86 bits per heavy atom. The predicted octanol–water partition coefficient (Wildman–Crippen LogP) is 2.03. The van der Waals surface area contributed by atoms with Crippen molar-refractivity contribution in [3.63, 3.8) is 0 Å². The molecule has 2 aromatic heterocycles. The van der Waals surface area contributed by atoms with E-state index in [1.165, 1.54) is 0 Å². The molecule has 0 aliphatic carbocycles. The number of rotatable bonds is 3. The van der Waals surface area contributed by atoms with Gasteiger partial charge in [0.05, 0.1) is 17.8 Å². The van der Waals surface area contributed by atoms with E-state index in [2.05, 4.69) is 15.4 Å². The highest BCUT2D eigenvalue weighted by atomic mass is 35.5. The first kappa shape index (κ1) is 14.6. The molecule has 0 bridgehead atoms. The summed E-state index contributed by atoms with van der Waals surface area (Å²) in [4.78, 5) is 18.1. The first-order valence-electron chi connectivity index (χ1n) is 6.88. The number of carbonyl (C=O) groups excluding carboxylic acids is 1. The normalized spacial score (nSPS) is 11.1. The second kappa shape index (κ2) is 5.46. The summed E-state index contributed by atoms with van der Waals surface area (Å²) in [7, 11) is 3.44. The fraction of sp³-hybridized carbons (Fsp3) is 0.267. The Bertz CT molecular complexity index is 873. The van der Waals surface area contributed by atoms with E-state index >= 15 is 0 Å². The van der Waals surface area contributed by atoms with Crippen molar-refractivity contribution in [3.05, 3.63) is 35.0 Å². The van der Waals surface area contributed by atoms with Gasteiger partial charge in [0.2, 0.25) is 5.91 Å². The molecule has 2 heterocycles. The van der Waals surface area contributed by atoms with Crippen LogP contribution >= 0.6 is 11.6 Å². The number of benzene rings is 1. The molecule has 7 heteroatoms. The van der Waals surface area contributed by atoms with E-state index in [0.717, 1.165) is 16.6 Å². The third kappa shape index (κ3) is 2.25. The molecule has 22 heavy (non-hydrogen) atoms. The molecule has 0 fully saturated rings. The van der Waals surface area contributed by atoms with Gasteiger partial charge in [-0.2, -0.15) is 5.10 Å². The maximum Gasteiger partial charge on any atom is 0.239 e.